The highest BCUT2D eigenvalue weighted by Crippen LogP contribution is 2.48. The van der Waals surface area contributed by atoms with Gasteiger partial charge in [0.25, 0.3) is 0 Å². The number of carbonyl (C=O) groups excluding carboxylic acids is 2. The standard InChI is InChI=1S/C16H18N2O5/c1-4-8-22-14(19)11-12-9-6-5-7-10(21-3)13(9)23-16(11,2)18-15(20)17-12/h4-7,11-12H,1,8H2,2-3H3,(H2,17,18,20). The monoisotopic (exact) mass is 318 g/mol. The summed E-state index contributed by atoms with van der Waals surface area (Å²) in [7, 11) is 1.54. The molecule has 1 saturated heterocycles. The third-order valence-corrected chi connectivity index (χ3v) is 4.05. The first-order valence-corrected chi connectivity index (χ1v) is 7.22. The molecule has 3 rings (SSSR count). The van der Waals surface area contributed by atoms with Crippen LogP contribution < -0.4 is 20.1 Å². The van der Waals surface area contributed by atoms with Crippen LogP contribution in [0, 0.1) is 5.92 Å². The topological polar surface area (TPSA) is 85.9 Å². The molecule has 1 aromatic rings. The van der Waals surface area contributed by atoms with Crippen molar-refractivity contribution < 1.29 is 23.8 Å². The summed E-state index contributed by atoms with van der Waals surface area (Å²) >= 11 is 0. The van der Waals surface area contributed by atoms with Crippen LogP contribution in [0.25, 0.3) is 0 Å². The van der Waals surface area contributed by atoms with E-state index in [1.54, 1.807) is 25.1 Å². The van der Waals surface area contributed by atoms with Gasteiger partial charge in [0.15, 0.2) is 17.2 Å². The summed E-state index contributed by atoms with van der Waals surface area (Å²) < 4.78 is 16.5. The molecule has 1 fully saturated rings. The molecular weight excluding hydrogens is 300 g/mol. The second kappa shape index (κ2) is 5.49. The molecule has 0 aromatic heterocycles. The third-order valence-electron chi connectivity index (χ3n) is 4.05. The van der Waals surface area contributed by atoms with Crippen molar-refractivity contribution in [1.29, 1.82) is 0 Å². The van der Waals surface area contributed by atoms with Crippen molar-refractivity contribution in [2.45, 2.75) is 18.7 Å². The summed E-state index contributed by atoms with van der Waals surface area (Å²) in [4.78, 5) is 24.4. The van der Waals surface area contributed by atoms with E-state index in [4.69, 9.17) is 14.2 Å². The summed E-state index contributed by atoms with van der Waals surface area (Å²) in [6.45, 7) is 5.27. The van der Waals surface area contributed by atoms with Gasteiger partial charge in [0.2, 0.25) is 0 Å². The van der Waals surface area contributed by atoms with Gasteiger partial charge in [-0.25, -0.2) is 4.79 Å². The number of ether oxygens (including phenoxy) is 3. The van der Waals surface area contributed by atoms with Gasteiger partial charge in [0.05, 0.1) is 13.2 Å². The molecule has 0 radical (unpaired) electrons. The van der Waals surface area contributed by atoms with Gasteiger partial charge in [0, 0.05) is 5.56 Å². The van der Waals surface area contributed by atoms with Gasteiger partial charge < -0.3 is 19.5 Å². The molecule has 2 heterocycles. The van der Waals surface area contributed by atoms with Crippen LogP contribution in [0.1, 0.15) is 18.5 Å². The van der Waals surface area contributed by atoms with E-state index in [2.05, 4.69) is 17.2 Å². The number of methoxy groups -OCH3 is 1. The molecule has 2 aliphatic rings. The second-order valence-electron chi connectivity index (χ2n) is 5.56. The Hall–Kier alpha value is -2.70. The van der Waals surface area contributed by atoms with Crippen LogP contribution in [-0.4, -0.2) is 31.4 Å². The smallest absolute Gasteiger partial charge is 0.318 e. The van der Waals surface area contributed by atoms with E-state index in [1.165, 1.54) is 13.2 Å². The molecule has 2 N–H and O–H groups in total. The molecule has 23 heavy (non-hydrogen) atoms. The van der Waals surface area contributed by atoms with Crippen LogP contribution >= 0.6 is 0 Å². The maximum atomic E-state index is 12.5. The number of esters is 1. The van der Waals surface area contributed by atoms with Crippen molar-refractivity contribution in [2.75, 3.05) is 13.7 Å². The molecule has 0 aliphatic carbocycles. The van der Waals surface area contributed by atoms with Crippen LogP contribution in [-0.2, 0) is 9.53 Å². The lowest BCUT2D eigenvalue weighted by Gasteiger charge is -2.49. The van der Waals surface area contributed by atoms with Gasteiger partial charge in [-0.1, -0.05) is 24.8 Å². The first-order valence-electron chi connectivity index (χ1n) is 7.22. The summed E-state index contributed by atoms with van der Waals surface area (Å²) in [5, 5.41) is 5.44. The maximum Gasteiger partial charge on any atom is 0.318 e. The highest BCUT2D eigenvalue weighted by Gasteiger charge is 2.57. The van der Waals surface area contributed by atoms with E-state index in [1.807, 2.05) is 0 Å². The van der Waals surface area contributed by atoms with Crippen molar-refractivity contribution in [1.82, 2.24) is 10.6 Å². The van der Waals surface area contributed by atoms with Crippen LogP contribution in [0.4, 0.5) is 4.79 Å². The van der Waals surface area contributed by atoms with Crippen molar-refractivity contribution >= 4 is 12.0 Å². The fraction of sp³-hybridized carbons (Fsp3) is 0.375. The Labute approximate surface area is 133 Å². The second-order valence-corrected chi connectivity index (χ2v) is 5.56. The molecule has 0 saturated carbocycles. The van der Waals surface area contributed by atoms with Crippen LogP contribution in [0.2, 0.25) is 0 Å². The Balaban J connectivity index is 2.07. The molecule has 2 amide bonds. The highest BCUT2D eigenvalue weighted by molar-refractivity contribution is 5.84. The number of hydrogen-bond donors (Lipinski definition) is 2. The molecule has 7 heteroatoms. The lowest BCUT2D eigenvalue weighted by Crippen LogP contribution is -2.70. The van der Waals surface area contributed by atoms with Crippen molar-refractivity contribution in [3.63, 3.8) is 0 Å². The zero-order valence-corrected chi connectivity index (χ0v) is 12.9. The fourth-order valence-electron chi connectivity index (χ4n) is 3.08. The molecular formula is C16H18N2O5. The Morgan fingerprint density at radius 1 is 1.52 bits per heavy atom. The largest absolute Gasteiger partial charge is 0.493 e. The third kappa shape index (κ3) is 2.38. The zero-order valence-electron chi connectivity index (χ0n) is 12.9. The number of carbonyl (C=O) groups is 2. The zero-order chi connectivity index (χ0) is 16.6. The summed E-state index contributed by atoms with van der Waals surface area (Å²) in [5.74, 6) is -0.171. The predicted octanol–water partition coefficient (Wildman–Crippen LogP) is 1.50. The van der Waals surface area contributed by atoms with E-state index in [0.717, 1.165) is 0 Å². The number of para-hydroxylation sites is 1. The summed E-state index contributed by atoms with van der Waals surface area (Å²) in [5.41, 5.74) is -0.551. The van der Waals surface area contributed by atoms with Gasteiger partial charge in [-0.05, 0) is 13.0 Å². The van der Waals surface area contributed by atoms with Crippen LogP contribution in [0.3, 0.4) is 0 Å². The number of amides is 2. The van der Waals surface area contributed by atoms with Crippen LogP contribution in [0.15, 0.2) is 30.9 Å². The number of nitrogens with one attached hydrogen (secondary N) is 2. The van der Waals surface area contributed by atoms with Gasteiger partial charge in [0.1, 0.15) is 12.5 Å². The molecule has 7 nitrogen and oxygen atoms in total. The van der Waals surface area contributed by atoms with Crippen molar-refractivity contribution in [2.24, 2.45) is 5.92 Å². The molecule has 1 aromatic carbocycles. The van der Waals surface area contributed by atoms with Crippen molar-refractivity contribution in [3.05, 3.63) is 36.4 Å². The van der Waals surface area contributed by atoms with E-state index < -0.39 is 29.7 Å². The summed E-state index contributed by atoms with van der Waals surface area (Å²) in [6.07, 6.45) is 1.49. The van der Waals surface area contributed by atoms with Gasteiger partial charge in [-0.15, -0.1) is 0 Å². The predicted molar refractivity (Wildman–Crippen MR) is 81.1 cm³/mol. The first-order chi connectivity index (χ1) is 11.0. The number of rotatable bonds is 4. The molecule has 3 unspecified atom stereocenters. The molecule has 2 bridgehead atoms. The molecule has 122 valence electrons. The molecule has 0 spiro atoms. The van der Waals surface area contributed by atoms with E-state index in [0.29, 0.717) is 17.1 Å². The Morgan fingerprint density at radius 2 is 2.30 bits per heavy atom. The fourth-order valence-corrected chi connectivity index (χ4v) is 3.08. The Kier molecular flexibility index (Phi) is 3.63. The van der Waals surface area contributed by atoms with E-state index in [9.17, 15) is 9.59 Å². The quantitative estimate of drug-likeness (QED) is 0.649. The highest BCUT2D eigenvalue weighted by atomic mass is 16.6. The Morgan fingerprint density at radius 3 is 3.00 bits per heavy atom. The maximum absolute atomic E-state index is 12.5. The molecule has 2 aliphatic heterocycles. The minimum absolute atomic E-state index is 0.0943. The number of benzene rings is 1. The SMILES string of the molecule is C=CCOC(=O)C1C2NC(=O)NC1(C)Oc1c(OC)cccc12. The number of hydrogen-bond acceptors (Lipinski definition) is 5. The normalized spacial score (nSPS) is 27.7. The van der Waals surface area contributed by atoms with E-state index >= 15 is 0 Å². The van der Waals surface area contributed by atoms with E-state index in [-0.39, 0.29) is 6.61 Å². The summed E-state index contributed by atoms with van der Waals surface area (Å²) in [6, 6.07) is 4.37. The lowest BCUT2D eigenvalue weighted by molar-refractivity contribution is -0.162. The molecule has 3 atom stereocenters. The number of urea groups is 1. The average molecular weight is 318 g/mol. The minimum Gasteiger partial charge on any atom is -0.493 e. The van der Waals surface area contributed by atoms with Gasteiger partial charge in [-0.2, -0.15) is 0 Å². The average Bonchev–Trinajstić information content (AvgIpc) is 2.50. The van der Waals surface area contributed by atoms with Crippen LogP contribution in [0.5, 0.6) is 11.5 Å². The van der Waals surface area contributed by atoms with Crippen molar-refractivity contribution in [3.8, 4) is 11.5 Å². The number of fused-ring (bicyclic) bond motifs is 4. The van der Waals surface area contributed by atoms with Gasteiger partial charge >= 0.3 is 12.0 Å². The van der Waals surface area contributed by atoms with Gasteiger partial charge in [-0.3, -0.25) is 10.1 Å². The minimum atomic E-state index is -1.23. The Bertz CT molecular complexity index is 674. The first kappa shape index (κ1) is 15.2. The lowest BCUT2D eigenvalue weighted by atomic mass is 9.80.